The van der Waals surface area contributed by atoms with E-state index in [4.69, 9.17) is 9.47 Å². The number of ether oxygens (including phenoxy) is 2. The van der Waals surface area contributed by atoms with Crippen molar-refractivity contribution in [2.75, 3.05) is 39.4 Å². The molecule has 1 aliphatic heterocycles. The van der Waals surface area contributed by atoms with Crippen LogP contribution in [-0.4, -0.2) is 65.5 Å². The van der Waals surface area contributed by atoms with Crippen molar-refractivity contribution in [3.8, 4) is 11.5 Å². The van der Waals surface area contributed by atoms with E-state index < -0.39 is 9.84 Å². The summed E-state index contributed by atoms with van der Waals surface area (Å²) in [5.74, 6) is 1.46. The fraction of sp³-hybridized carbons (Fsp3) is 0.480. The molecule has 1 saturated heterocycles. The SMILES string of the molecule is COc1ccc(C23CCC(NC(=O)Nc4ccc(S(C)(=O)=O)cc4)CC2N(C)CC3)cc1OC. The normalized spacial score (nSPS) is 24.8. The molecule has 0 aromatic heterocycles. The number of likely N-dealkylation sites (N-methyl/N-ethyl adjacent to an activating group) is 1. The molecule has 0 bridgehead atoms. The molecule has 34 heavy (non-hydrogen) atoms. The molecule has 1 aliphatic carbocycles. The van der Waals surface area contributed by atoms with E-state index in [1.807, 2.05) is 6.07 Å². The zero-order chi connectivity index (χ0) is 24.5. The van der Waals surface area contributed by atoms with Crippen molar-refractivity contribution in [2.45, 2.75) is 48.1 Å². The van der Waals surface area contributed by atoms with Crippen molar-refractivity contribution < 1.29 is 22.7 Å². The predicted octanol–water partition coefficient (Wildman–Crippen LogP) is 3.42. The highest BCUT2D eigenvalue weighted by Crippen LogP contribution is 2.49. The van der Waals surface area contributed by atoms with Gasteiger partial charge in [0.2, 0.25) is 0 Å². The standard InChI is InChI=1S/C25H33N3O5S/c1-28-14-13-25(17-5-10-21(32-2)22(15-17)33-3)12-11-19(16-23(25)28)27-24(29)26-18-6-8-20(9-7-18)34(4,30)31/h5-10,15,19,23H,11-14,16H2,1-4H3,(H2,26,27,29). The Bertz CT molecular complexity index is 1150. The zero-order valence-electron chi connectivity index (χ0n) is 20.1. The zero-order valence-corrected chi connectivity index (χ0v) is 20.9. The maximum atomic E-state index is 12.7. The summed E-state index contributed by atoms with van der Waals surface area (Å²) in [7, 11) is 2.18. The first-order chi connectivity index (χ1) is 16.2. The van der Waals surface area contributed by atoms with Gasteiger partial charge in [0.1, 0.15) is 0 Å². The molecule has 2 aromatic carbocycles. The van der Waals surface area contributed by atoms with Gasteiger partial charge in [-0.2, -0.15) is 0 Å². The van der Waals surface area contributed by atoms with Crippen molar-refractivity contribution in [2.24, 2.45) is 0 Å². The molecule has 2 amide bonds. The summed E-state index contributed by atoms with van der Waals surface area (Å²) >= 11 is 0. The average molecular weight is 488 g/mol. The van der Waals surface area contributed by atoms with Crippen LogP contribution in [0, 0.1) is 0 Å². The Morgan fingerprint density at radius 2 is 1.76 bits per heavy atom. The Balaban J connectivity index is 1.44. The quantitative estimate of drug-likeness (QED) is 0.648. The molecule has 2 aliphatic rings. The Labute approximate surface area is 201 Å². The molecule has 0 spiro atoms. The van der Waals surface area contributed by atoms with Crippen LogP contribution in [0.3, 0.4) is 0 Å². The van der Waals surface area contributed by atoms with Gasteiger partial charge in [-0.25, -0.2) is 13.2 Å². The topological polar surface area (TPSA) is 97.0 Å². The molecule has 4 rings (SSSR count). The van der Waals surface area contributed by atoms with E-state index in [2.05, 4.69) is 34.7 Å². The lowest BCUT2D eigenvalue weighted by molar-refractivity contribution is 0.156. The number of sulfone groups is 1. The van der Waals surface area contributed by atoms with Crippen LogP contribution in [0.15, 0.2) is 47.4 Å². The van der Waals surface area contributed by atoms with E-state index in [-0.39, 0.29) is 22.4 Å². The van der Waals surface area contributed by atoms with Gasteiger partial charge in [0.05, 0.1) is 19.1 Å². The third-order valence-electron chi connectivity index (χ3n) is 7.36. The smallest absolute Gasteiger partial charge is 0.319 e. The van der Waals surface area contributed by atoms with E-state index in [1.54, 1.807) is 26.4 Å². The van der Waals surface area contributed by atoms with Gasteiger partial charge in [-0.05, 0) is 81.2 Å². The fourth-order valence-corrected chi connectivity index (χ4v) is 6.16. The lowest BCUT2D eigenvalue weighted by Gasteiger charge is -2.45. The highest BCUT2D eigenvalue weighted by atomic mass is 32.2. The van der Waals surface area contributed by atoms with Crippen LogP contribution in [0.5, 0.6) is 11.5 Å². The van der Waals surface area contributed by atoms with Gasteiger partial charge in [-0.15, -0.1) is 0 Å². The number of hydrogen-bond donors (Lipinski definition) is 2. The monoisotopic (exact) mass is 487 g/mol. The molecule has 8 nitrogen and oxygen atoms in total. The summed E-state index contributed by atoms with van der Waals surface area (Å²) < 4.78 is 34.2. The molecule has 9 heteroatoms. The van der Waals surface area contributed by atoms with Crippen LogP contribution >= 0.6 is 0 Å². The summed E-state index contributed by atoms with van der Waals surface area (Å²) in [4.78, 5) is 15.3. The molecule has 1 saturated carbocycles. The van der Waals surface area contributed by atoms with E-state index in [1.165, 1.54) is 17.7 Å². The minimum atomic E-state index is -3.27. The number of hydrogen-bond acceptors (Lipinski definition) is 6. The Morgan fingerprint density at radius 3 is 2.41 bits per heavy atom. The molecule has 3 unspecified atom stereocenters. The predicted molar refractivity (Wildman–Crippen MR) is 132 cm³/mol. The van der Waals surface area contributed by atoms with E-state index in [0.29, 0.717) is 11.7 Å². The summed E-state index contributed by atoms with van der Waals surface area (Å²) in [5.41, 5.74) is 1.83. The number of carbonyl (C=O) groups is 1. The third kappa shape index (κ3) is 4.72. The number of likely N-dealkylation sites (tertiary alicyclic amines) is 1. The maximum absolute atomic E-state index is 12.7. The minimum absolute atomic E-state index is 0.0183. The first kappa shape index (κ1) is 24.3. The summed E-state index contributed by atoms with van der Waals surface area (Å²) in [6.45, 7) is 1.00. The van der Waals surface area contributed by atoms with Gasteiger partial charge < -0.3 is 25.0 Å². The molecular weight excluding hydrogens is 454 g/mol. The largest absolute Gasteiger partial charge is 0.493 e. The number of nitrogens with zero attached hydrogens (tertiary/aromatic N) is 1. The van der Waals surface area contributed by atoms with Crippen LogP contribution in [0.1, 0.15) is 31.2 Å². The van der Waals surface area contributed by atoms with Crippen molar-refractivity contribution in [3.05, 3.63) is 48.0 Å². The Morgan fingerprint density at radius 1 is 1.06 bits per heavy atom. The number of fused-ring (bicyclic) bond motifs is 1. The van der Waals surface area contributed by atoms with Gasteiger partial charge in [0.15, 0.2) is 21.3 Å². The molecule has 3 atom stereocenters. The van der Waals surface area contributed by atoms with Crippen LogP contribution in [0.4, 0.5) is 10.5 Å². The molecule has 2 N–H and O–H groups in total. The van der Waals surface area contributed by atoms with Crippen LogP contribution in [0.25, 0.3) is 0 Å². The Hall–Kier alpha value is -2.78. The number of rotatable bonds is 6. The van der Waals surface area contributed by atoms with Crippen LogP contribution in [-0.2, 0) is 15.3 Å². The van der Waals surface area contributed by atoms with E-state index >= 15 is 0 Å². The first-order valence-electron chi connectivity index (χ1n) is 11.5. The second-order valence-corrected chi connectivity index (χ2v) is 11.4. The van der Waals surface area contributed by atoms with E-state index in [0.717, 1.165) is 50.0 Å². The maximum Gasteiger partial charge on any atom is 0.319 e. The average Bonchev–Trinajstić information content (AvgIpc) is 3.15. The summed E-state index contributed by atoms with van der Waals surface area (Å²) in [5, 5.41) is 5.93. The third-order valence-corrected chi connectivity index (χ3v) is 8.49. The Kier molecular flexibility index (Phi) is 6.78. The van der Waals surface area contributed by atoms with Crippen molar-refractivity contribution in [1.82, 2.24) is 10.2 Å². The lowest BCUT2D eigenvalue weighted by atomic mass is 9.65. The van der Waals surface area contributed by atoms with Crippen molar-refractivity contribution >= 4 is 21.6 Å². The summed E-state index contributed by atoms with van der Waals surface area (Å²) in [6.07, 6.45) is 4.92. The number of benzene rings is 2. The van der Waals surface area contributed by atoms with Gasteiger partial charge in [-0.1, -0.05) is 6.07 Å². The molecule has 2 aromatic rings. The number of nitrogens with one attached hydrogen (secondary N) is 2. The van der Waals surface area contributed by atoms with Gasteiger partial charge in [0, 0.05) is 29.4 Å². The number of methoxy groups -OCH3 is 2. The van der Waals surface area contributed by atoms with E-state index in [9.17, 15) is 13.2 Å². The summed E-state index contributed by atoms with van der Waals surface area (Å²) in [6, 6.07) is 12.5. The van der Waals surface area contributed by atoms with Gasteiger partial charge in [0.25, 0.3) is 0 Å². The highest BCUT2D eigenvalue weighted by molar-refractivity contribution is 7.90. The van der Waals surface area contributed by atoms with Gasteiger partial charge in [-0.3, -0.25) is 0 Å². The fourth-order valence-electron chi connectivity index (χ4n) is 5.53. The number of anilines is 1. The highest BCUT2D eigenvalue weighted by Gasteiger charge is 2.50. The number of carbonyl (C=O) groups excluding carboxylic acids is 1. The van der Waals surface area contributed by atoms with Crippen molar-refractivity contribution in [1.29, 1.82) is 0 Å². The molecular formula is C25H33N3O5S. The first-order valence-corrected chi connectivity index (χ1v) is 13.4. The van der Waals surface area contributed by atoms with Crippen LogP contribution in [0.2, 0.25) is 0 Å². The second kappa shape index (κ2) is 9.46. The molecule has 0 radical (unpaired) electrons. The van der Waals surface area contributed by atoms with Crippen molar-refractivity contribution in [3.63, 3.8) is 0 Å². The number of amides is 2. The second-order valence-electron chi connectivity index (χ2n) is 9.34. The minimum Gasteiger partial charge on any atom is -0.493 e. The lowest BCUT2D eigenvalue weighted by Crippen LogP contribution is -2.52. The van der Waals surface area contributed by atoms with Crippen LogP contribution < -0.4 is 20.1 Å². The van der Waals surface area contributed by atoms with Gasteiger partial charge >= 0.3 is 6.03 Å². The molecule has 1 heterocycles. The molecule has 2 fully saturated rings. The molecule has 184 valence electrons. The number of urea groups is 1.